The molecule has 8 heteroatoms. The van der Waals surface area contributed by atoms with Gasteiger partial charge in [-0.2, -0.15) is 0 Å². The number of urea groups is 1. The monoisotopic (exact) mass is 326 g/mol. The van der Waals surface area contributed by atoms with Crippen LogP contribution in [0.15, 0.2) is 24.5 Å². The number of aromatic nitrogens is 1. The van der Waals surface area contributed by atoms with Gasteiger partial charge in [-0.3, -0.25) is 4.98 Å². The lowest BCUT2D eigenvalue weighted by atomic mass is 10.1. The number of likely N-dealkylation sites (tertiary alicyclic amines) is 1. The molecule has 1 aromatic heterocycles. The molecular weight excluding hydrogens is 304 g/mol. The fourth-order valence-electron chi connectivity index (χ4n) is 2.52. The third-order valence-corrected chi connectivity index (χ3v) is 4.47. The van der Waals surface area contributed by atoms with Gasteiger partial charge in [0.2, 0.25) is 10.0 Å². The normalized spacial score (nSPS) is 18.0. The lowest BCUT2D eigenvalue weighted by molar-refractivity contribution is 0.177. The summed E-state index contributed by atoms with van der Waals surface area (Å²) in [6.45, 7) is 3.01. The van der Waals surface area contributed by atoms with Gasteiger partial charge in [0, 0.05) is 31.5 Å². The van der Waals surface area contributed by atoms with Gasteiger partial charge in [0.25, 0.3) is 0 Å². The molecule has 1 atom stereocenters. The molecule has 0 bridgehead atoms. The van der Waals surface area contributed by atoms with Gasteiger partial charge in [-0.15, -0.1) is 0 Å². The largest absolute Gasteiger partial charge is 0.331 e. The van der Waals surface area contributed by atoms with Crippen LogP contribution in [-0.2, 0) is 10.0 Å². The van der Waals surface area contributed by atoms with Crippen LogP contribution in [0.2, 0.25) is 0 Å². The Morgan fingerprint density at radius 2 is 1.91 bits per heavy atom. The number of sulfonamides is 1. The van der Waals surface area contributed by atoms with Crippen molar-refractivity contribution >= 4 is 16.1 Å². The Labute approximate surface area is 131 Å². The number of carbonyl (C=O) groups is 1. The molecule has 2 heterocycles. The van der Waals surface area contributed by atoms with E-state index in [4.69, 9.17) is 0 Å². The summed E-state index contributed by atoms with van der Waals surface area (Å²) >= 11 is 0. The average molecular weight is 326 g/mol. The van der Waals surface area contributed by atoms with Crippen LogP contribution in [-0.4, -0.2) is 49.7 Å². The Kier molecular flexibility index (Phi) is 5.36. The van der Waals surface area contributed by atoms with Gasteiger partial charge in [-0.25, -0.2) is 17.9 Å². The van der Waals surface area contributed by atoms with E-state index < -0.39 is 10.0 Å². The van der Waals surface area contributed by atoms with Crippen LogP contribution in [0.4, 0.5) is 4.79 Å². The van der Waals surface area contributed by atoms with Gasteiger partial charge in [-0.1, -0.05) is 0 Å². The molecule has 0 radical (unpaired) electrons. The van der Waals surface area contributed by atoms with E-state index in [-0.39, 0.29) is 18.1 Å². The van der Waals surface area contributed by atoms with Gasteiger partial charge in [0.15, 0.2) is 0 Å². The summed E-state index contributed by atoms with van der Waals surface area (Å²) in [5.74, 6) is 0. The molecule has 0 saturated carbocycles. The van der Waals surface area contributed by atoms with Gasteiger partial charge in [0.05, 0.1) is 12.3 Å². The molecule has 2 rings (SSSR count). The number of amides is 2. The number of pyridine rings is 1. The molecule has 7 nitrogen and oxygen atoms in total. The second kappa shape index (κ2) is 7.06. The van der Waals surface area contributed by atoms with Crippen molar-refractivity contribution in [2.45, 2.75) is 31.8 Å². The van der Waals surface area contributed by atoms with E-state index in [9.17, 15) is 13.2 Å². The van der Waals surface area contributed by atoms with E-state index in [0.29, 0.717) is 25.9 Å². The van der Waals surface area contributed by atoms with Crippen molar-refractivity contribution in [3.05, 3.63) is 30.1 Å². The molecule has 1 aromatic rings. The summed E-state index contributed by atoms with van der Waals surface area (Å²) in [6, 6.07) is 3.43. The molecule has 2 N–H and O–H groups in total. The maximum absolute atomic E-state index is 12.2. The second-order valence-electron chi connectivity index (χ2n) is 5.60. The molecule has 0 aromatic carbocycles. The van der Waals surface area contributed by atoms with Crippen LogP contribution in [0.1, 0.15) is 31.4 Å². The minimum absolute atomic E-state index is 0.0864. The summed E-state index contributed by atoms with van der Waals surface area (Å²) in [7, 11) is -3.19. The first-order valence-electron chi connectivity index (χ1n) is 7.28. The molecule has 0 spiro atoms. The van der Waals surface area contributed by atoms with E-state index in [1.807, 2.05) is 19.1 Å². The number of hydrogen-bond acceptors (Lipinski definition) is 4. The minimum atomic E-state index is -3.19. The van der Waals surface area contributed by atoms with Crippen molar-refractivity contribution in [3.8, 4) is 0 Å². The van der Waals surface area contributed by atoms with Gasteiger partial charge in [-0.05, 0) is 37.5 Å². The maximum Gasteiger partial charge on any atom is 0.317 e. The van der Waals surface area contributed by atoms with Gasteiger partial charge >= 0.3 is 6.03 Å². The maximum atomic E-state index is 12.2. The van der Waals surface area contributed by atoms with Crippen molar-refractivity contribution in [1.82, 2.24) is 19.9 Å². The first-order chi connectivity index (χ1) is 10.3. The summed E-state index contributed by atoms with van der Waals surface area (Å²) in [4.78, 5) is 17.9. The smallest absolute Gasteiger partial charge is 0.317 e. The van der Waals surface area contributed by atoms with E-state index in [1.54, 1.807) is 17.3 Å². The average Bonchev–Trinajstić information content (AvgIpc) is 2.47. The number of hydrogen-bond donors (Lipinski definition) is 2. The first-order valence-corrected chi connectivity index (χ1v) is 9.17. The Morgan fingerprint density at radius 1 is 1.32 bits per heavy atom. The van der Waals surface area contributed by atoms with Crippen LogP contribution >= 0.6 is 0 Å². The van der Waals surface area contributed by atoms with E-state index >= 15 is 0 Å². The van der Waals surface area contributed by atoms with Crippen LogP contribution in [0, 0.1) is 0 Å². The number of piperidine rings is 1. The summed E-state index contributed by atoms with van der Waals surface area (Å²) in [6.07, 6.45) is 5.80. The predicted octanol–water partition coefficient (Wildman–Crippen LogP) is 0.866. The molecule has 1 saturated heterocycles. The SMILES string of the molecule is C[C@H](NC(=O)N1CCC(NS(C)(=O)=O)CC1)c1ccncc1. The third-order valence-electron chi connectivity index (χ3n) is 3.71. The number of carbonyl (C=O) groups excluding carboxylic acids is 1. The van der Waals surface area contributed by atoms with E-state index in [1.165, 1.54) is 0 Å². The summed E-state index contributed by atoms with van der Waals surface area (Å²) in [5.41, 5.74) is 0.997. The zero-order valence-corrected chi connectivity index (χ0v) is 13.6. The topological polar surface area (TPSA) is 91.4 Å². The van der Waals surface area contributed by atoms with Crippen molar-refractivity contribution in [3.63, 3.8) is 0 Å². The summed E-state index contributed by atoms with van der Waals surface area (Å²) < 4.78 is 25.0. The van der Waals surface area contributed by atoms with Crippen molar-refractivity contribution in [2.75, 3.05) is 19.3 Å². The fourth-order valence-corrected chi connectivity index (χ4v) is 3.36. The number of nitrogens with zero attached hydrogens (tertiary/aromatic N) is 2. The standard InChI is InChI=1S/C14H22N4O3S/c1-11(12-3-7-15-8-4-12)16-14(19)18-9-5-13(6-10-18)17-22(2,20)21/h3-4,7-8,11,13,17H,5-6,9-10H2,1-2H3,(H,16,19)/t11-/m0/s1. The Balaban J connectivity index is 1.83. The van der Waals surface area contributed by atoms with Crippen LogP contribution in [0.5, 0.6) is 0 Å². The molecule has 2 amide bonds. The highest BCUT2D eigenvalue weighted by molar-refractivity contribution is 7.88. The van der Waals surface area contributed by atoms with Gasteiger partial charge < -0.3 is 10.2 Å². The van der Waals surface area contributed by atoms with Crippen LogP contribution < -0.4 is 10.0 Å². The second-order valence-corrected chi connectivity index (χ2v) is 7.38. The lowest BCUT2D eigenvalue weighted by Gasteiger charge is -2.32. The molecule has 1 aliphatic rings. The highest BCUT2D eigenvalue weighted by atomic mass is 32.2. The first kappa shape index (κ1) is 16.7. The van der Waals surface area contributed by atoms with E-state index in [0.717, 1.165) is 11.8 Å². The van der Waals surface area contributed by atoms with Gasteiger partial charge in [0.1, 0.15) is 0 Å². The van der Waals surface area contributed by atoms with Crippen LogP contribution in [0.3, 0.4) is 0 Å². The number of nitrogens with one attached hydrogen (secondary N) is 2. The zero-order valence-electron chi connectivity index (χ0n) is 12.8. The summed E-state index contributed by atoms with van der Waals surface area (Å²) in [5, 5.41) is 2.95. The highest BCUT2D eigenvalue weighted by Crippen LogP contribution is 2.14. The Morgan fingerprint density at radius 3 is 2.45 bits per heavy atom. The molecule has 0 unspecified atom stereocenters. The van der Waals surface area contributed by atoms with Crippen molar-refractivity contribution in [1.29, 1.82) is 0 Å². The zero-order chi connectivity index (χ0) is 16.2. The minimum Gasteiger partial charge on any atom is -0.331 e. The van der Waals surface area contributed by atoms with Crippen LogP contribution in [0.25, 0.3) is 0 Å². The third kappa shape index (κ3) is 4.96. The number of rotatable bonds is 4. The van der Waals surface area contributed by atoms with Crippen molar-refractivity contribution in [2.24, 2.45) is 0 Å². The predicted molar refractivity (Wildman–Crippen MR) is 83.8 cm³/mol. The Hall–Kier alpha value is -1.67. The molecular formula is C14H22N4O3S. The molecule has 1 fully saturated rings. The highest BCUT2D eigenvalue weighted by Gasteiger charge is 2.25. The molecule has 1 aliphatic heterocycles. The fraction of sp³-hybridized carbons (Fsp3) is 0.571. The quantitative estimate of drug-likeness (QED) is 0.859. The van der Waals surface area contributed by atoms with Crippen molar-refractivity contribution < 1.29 is 13.2 Å². The molecule has 122 valence electrons. The molecule has 22 heavy (non-hydrogen) atoms. The lowest BCUT2D eigenvalue weighted by Crippen LogP contribution is -2.49. The molecule has 0 aliphatic carbocycles. The van der Waals surface area contributed by atoms with E-state index in [2.05, 4.69) is 15.0 Å². The Bertz CT molecular complexity index is 598.